The standard InChI is InChI=1S/C16H14Cl2N2OS/c1-3-11-13(9-4-5-10(18)8(2)6-9)14-15(21)19-12(7-17)20-16(14)22-11/h4-6H,3,7H2,1-2H3,(H,19,20,21). The van der Waals surface area contributed by atoms with Crippen LogP contribution in [0.2, 0.25) is 5.02 Å². The molecule has 0 radical (unpaired) electrons. The molecule has 0 unspecified atom stereocenters. The molecule has 3 nitrogen and oxygen atoms in total. The highest BCUT2D eigenvalue weighted by molar-refractivity contribution is 7.19. The van der Waals surface area contributed by atoms with Crippen molar-refractivity contribution in [2.24, 2.45) is 0 Å². The summed E-state index contributed by atoms with van der Waals surface area (Å²) in [6.07, 6.45) is 0.841. The first-order chi connectivity index (χ1) is 10.5. The Labute approximate surface area is 141 Å². The molecule has 114 valence electrons. The van der Waals surface area contributed by atoms with Gasteiger partial charge in [-0.05, 0) is 36.6 Å². The molecule has 3 rings (SSSR count). The number of benzene rings is 1. The summed E-state index contributed by atoms with van der Waals surface area (Å²) in [5, 5.41) is 1.36. The van der Waals surface area contributed by atoms with Crippen molar-refractivity contribution >= 4 is 44.8 Å². The number of halogens is 2. The van der Waals surface area contributed by atoms with Crippen LogP contribution in [-0.4, -0.2) is 9.97 Å². The van der Waals surface area contributed by atoms with Crippen LogP contribution in [0.3, 0.4) is 0 Å². The van der Waals surface area contributed by atoms with E-state index < -0.39 is 0 Å². The van der Waals surface area contributed by atoms with Gasteiger partial charge in [0, 0.05) is 15.5 Å². The minimum atomic E-state index is -0.140. The maximum atomic E-state index is 12.5. The molecular weight excluding hydrogens is 339 g/mol. The molecule has 0 saturated carbocycles. The number of alkyl halides is 1. The van der Waals surface area contributed by atoms with Crippen molar-refractivity contribution in [3.8, 4) is 11.1 Å². The van der Waals surface area contributed by atoms with Gasteiger partial charge in [-0.3, -0.25) is 4.79 Å². The quantitative estimate of drug-likeness (QED) is 0.680. The Balaban J connectivity index is 2.36. The number of aromatic nitrogens is 2. The largest absolute Gasteiger partial charge is 0.309 e. The third-order valence-corrected chi connectivity index (χ3v) is 5.48. The molecule has 1 aromatic carbocycles. The van der Waals surface area contributed by atoms with E-state index in [9.17, 15) is 4.79 Å². The monoisotopic (exact) mass is 352 g/mol. The number of hydrogen-bond donors (Lipinski definition) is 1. The summed E-state index contributed by atoms with van der Waals surface area (Å²) in [7, 11) is 0. The highest BCUT2D eigenvalue weighted by atomic mass is 35.5. The third-order valence-electron chi connectivity index (χ3n) is 3.58. The number of aryl methyl sites for hydroxylation is 2. The van der Waals surface area contributed by atoms with Crippen LogP contribution in [0.1, 0.15) is 23.2 Å². The van der Waals surface area contributed by atoms with Crippen molar-refractivity contribution in [3.05, 3.63) is 49.8 Å². The van der Waals surface area contributed by atoms with Crippen LogP contribution in [0.4, 0.5) is 0 Å². The second kappa shape index (κ2) is 6.03. The molecule has 0 aliphatic carbocycles. The highest BCUT2D eigenvalue weighted by Gasteiger charge is 2.18. The average Bonchev–Trinajstić information content (AvgIpc) is 2.89. The van der Waals surface area contributed by atoms with E-state index in [2.05, 4.69) is 16.9 Å². The fourth-order valence-corrected chi connectivity index (χ4v) is 3.91. The Morgan fingerprint density at radius 1 is 1.36 bits per heavy atom. The van der Waals surface area contributed by atoms with Crippen LogP contribution < -0.4 is 5.56 Å². The van der Waals surface area contributed by atoms with Crippen LogP contribution in [-0.2, 0) is 12.3 Å². The van der Waals surface area contributed by atoms with Crippen molar-refractivity contribution in [2.45, 2.75) is 26.1 Å². The molecule has 3 aromatic rings. The zero-order valence-electron chi connectivity index (χ0n) is 12.2. The second-order valence-corrected chi connectivity index (χ2v) is 6.80. The van der Waals surface area contributed by atoms with E-state index in [1.165, 1.54) is 0 Å². The lowest BCUT2D eigenvalue weighted by molar-refractivity contribution is 1.04. The maximum absolute atomic E-state index is 12.5. The number of H-pyrrole nitrogens is 1. The lowest BCUT2D eigenvalue weighted by Gasteiger charge is -2.06. The average molecular weight is 353 g/mol. The first kappa shape index (κ1) is 15.5. The topological polar surface area (TPSA) is 45.8 Å². The van der Waals surface area contributed by atoms with E-state index in [1.807, 2.05) is 25.1 Å². The van der Waals surface area contributed by atoms with Crippen LogP contribution in [0, 0.1) is 6.92 Å². The fraction of sp³-hybridized carbons (Fsp3) is 0.250. The van der Waals surface area contributed by atoms with Gasteiger partial charge in [0.15, 0.2) is 0 Å². The van der Waals surface area contributed by atoms with Gasteiger partial charge in [-0.15, -0.1) is 22.9 Å². The number of hydrogen-bond acceptors (Lipinski definition) is 3. The summed E-state index contributed by atoms with van der Waals surface area (Å²) in [6, 6.07) is 5.83. The number of nitrogens with one attached hydrogen (secondary N) is 1. The molecular formula is C16H14Cl2N2OS. The zero-order chi connectivity index (χ0) is 15.9. The van der Waals surface area contributed by atoms with Crippen LogP contribution in [0.15, 0.2) is 23.0 Å². The number of nitrogens with zero attached hydrogens (tertiary/aromatic N) is 1. The summed E-state index contributed by atoms with van der Waals surface area (Å²) in [6.45, 7) is 4.04. The molecule has 0 bridgehead atoms. The van der Waals surface area contributed by atoms with Gasteiger partial charge in [0.05, 0.1) is 11.3 Å². The van der Waals surface area contributed by atoms with Crippen molar-refractivity contribution in [1.82, 2.24) is 9.97 Å². The molecule has 0 aliphatic rings. The number of fused-ring (bicyclic) bond motifs is 1. The molecule has 0 aliphatic heterocycles. The van der Waals surface area contributed by atoms with Crippen molar-refractivity contribution < 1.29 is 0 Å². The van der Waals surface area contributed by atoms with E-state index in [0.29, 0.717) is 11.2 Å². The van der Waals surface area contributed by atoms with E-state index in [-0.39, 0.29) is 11.4 Å². The molecule has 0 spiro atoms. The van der Waals surface area contributed by atoms with Crippen LogP contribution >= 0.6 is 34.5 Å². The van der Waals surface area contributed by atoms with E-state index in [4.69, 9.17) is 23.2 Å². The van der Waals surface area contributed by atoms with Gasteiger partial charge >= 0.3 is 0 Å². The van der Waals surface area contributed by atoms with Gasteiger partial charge in [0.1, 0.15) is 10.7 Å². The number of thiophene rings is 1. The Bertz CT molecular complexity index is 914. The lowest BCUT2D eigenvalue weighted by atomic mass is 10.0. The van der Waals surface area contributed by atoms with Crippen molar-refractivity contribution in [3.63, 3.8) is 0 Å². The van der Waals surface area contributed by atoms with E-state index in [0.717, 1.165) is 37.8 Å². The minimum Gasteiger partial charge on any atom is -0.309 e. The van der Waals surface area contributed by atoms with Gasteiger partial charge in [-0.1, -0.05) is 24.6 Å². The van der Waals surface area contributed by atoms with Gasteiger partial charge in [0.2, 0.25) is 0 Å². The summed E-state index contributed by atoms with van der Waals surface area (Å²) >= 11 is 13.5. The Morgan fingerprint density at radius 3 is 2.77 bits per heavy atom. The van der Waals surface area contributed by atoms with Crippen LogP contribution in [0.25, 0.3) is 21.3 Å². The summed E-state index contributed by atoms with van der Waals surface area (Å²) in [5.74, 6) is 0.696. The fourth-order valence-electron chi connectivity index (χ4n) is 2.52. The van der Waals surface area contributed by atoms with Crippen LogP contribution in [0.5, 0.6) is 0 Å². The normalized spacial score (nSPS) is 11.3. The number of rotatable bonds is 3. The van der Waals surface area contributed by atoms with Crippen molar-refractivity contribution in [1.29, 1.82) is 0 Å². The SMILES string of the molecule is CCc1sc2nc(CCl)[nH]c(=O)c2c1-c1ccc(Cl)c(C)c1. The molecule has 1 N–H and O–H groups in total. The Hall–Kier alpha value is -1.36. The molecule has 2 heterocycles. The molecule has 0 amide bonds. The summed E-state index contributed by atoms with van der Waals surface area (Å²) in [4.78, 5) is 21.5. The first-order valence-corrected chi connectivity index (χ1v) is 8.65. The highest BCUT2D eigenvalue weighted by Crippen LogP contribution is 2.37. The maximum Gasteiger partial charge on any atom is 0.260 e. The first-order valence-electron chi connectivity index (χ1n) is 6.92. The predicted molar refractivity (Wildman–Crippen MR) is 94.4 cm³/mol. The van der Waals surface area contributed by atoms with Gasteiger partial charge in [-0.25, -0.2) is 4.98 Å². The van der Waals surface area contributed by atoms with Crippen molar-refractivity contribution in [2.75, 3.05) is 0 Å². The summed E-state index contributed by atoms with van der Waals surface area (Å²) in [5.41, 5.74) is 2.80. The number of aromatic amines is 1. The Kier molecular flexibility index (Phi) is 4.26. The molecule has 0 atom stereocenters. The molecule has 22 heavy (non-hydrogen) atoms. The molecule has 6 heteroatoms. The smallest absolute Gasteiger partial charge is 0.260 e. The Morgan fingerprint density at radius 2 is 2.14 bits per heavy atom. The predicted octanol–water partition coefficient (Wildman–Crippen LogP) is 4.91. The second-order valence-electron chi connectivity index (χ2n) is 5.04. The van der Waals surface area contributed by atoms with Gasteiger partial charge in [0.25, 0.3) is 5.56 Å². The van der Waals surface area contributed by atoms with Gasteiger partial charge in [-0.2, -0.15) is 0 Å². The van der Waals surface area contributed by atoms with E-state index in [1.54, 1.807) is 11.3 Å². The van der Waals surface area contributed by atoms with E-state index >= 15 is 0 Å². The lowest BCUT2D eigenvalue weighted by Crippen LogP contribution is -2.10. The molecule has 2 aromatic heterocycles. The van der Waals surface area contributed by atoms with Gasteiger partial charge < -0.3 is 4.98 Å². The zero-order valence-corrected chi connectivity index (χ0v) is 14.5. The minimum absolute atomic E-state index is 0.140. The molecule has 0 saturated heterocycles. The molecule has 0 fully saturated rings. The summed E-state index contributed by atoms with van der Waals surface area (Å²) < 4.78 is 0. The third kappa shape index (κ3) is 2.56.